The summed E-state index contributed by atoms with van der Waals surface area (Å²) in [5, 5.41) is 0. The maximum Gasteiger partial charge on any atom is 0.331 e. The summed E-state index contributed by atoms with van der Waals surface area (Å²) in [5.41, 5.74) is 5.50. The van der Waals surface area contributed by atoms with Crippen molar-refractivity contribution in [3.63, 3.8) is 0 Å². The van der Waals surface area contributed by atoms with Gasteiger partial charge >= 0.3 is 5.97 Å². The van der Waals surface area contributed by atoms with Gasteiger partial charge in [0.05, 0.1) is 0 Å². The highest BCUT2D eigenvalue weighted by Crippen LogP contribution is 2.14. The molecule has 0 unspecified atom stereocenters. The Balaban J connectivity index is 2.74. The molecule has 0 heterocycles. The Bertz CT molecular complexity index is 447. The standard InChI is InChI=1S/C13H16FNO2/c1-13(2,3)17-12(16)7-5-9-4-6-10(15)8-11(9)14/h4-8H,15H2,1-3H3. The Hall–Kier alpha value is -1.84. The van der Waals surface area contributed by atoms with Gasteiger partial charge in [0.25, 0.3) is 0 Å². The average molecular weight is 237 g/mol. The molecule has 3 nitrogen and oxygen atoms in total. The third-order valence-electron chi connectivity index (χ3n) is 1.83. The summed E-state index contributed by atoms with van der Waals surface area (Å²) < 4.78 is 18.4. The number of hydrogen-bond acceptors (Lipinski definition) is 3. The third kappa shape index (κ3) is 4.68. The summed E-state index contributed by atoms with van der Waals surface area (Å²) in [6, 6.07) is 4.28. The third-order valence-corrected chi connectivity index (χ3v) is 1.83. The predicted molar refractivity (Wildman–Crippen MR) is 65.7 cm³/mol. The first kappa shape index (κ1) is 13.2. The van der Waals surface area contributed by atoms with Crippen LogP contribution in [0.2, 0.25) is 0 Å². The smallest absolute Gasteiger partial charge is 0.331 e. The van der Waals surface area contributed by atoms with Crippen molar-refractivity contribution in [2.45, 2.75) is 26.4 Å². The number of esters is 1. The van der Waals surface area contributed by atoms with E-state index >= 15 is 0 Å². The van der Waals surface area contributed by atoms with Gasteiger partial charge in [-0.3, -0.25) is 0 Å². The number of nitrogen functional groups attached to an aromatic ring is 1. The molecule has 1 rings (SSSR count). The molecule has 92 valence electrons. The Morgan fingerprint density at radius 1 is 1.41 bits per heavy atom. The lowest BCUT2D eigenvalue weighted by molar-refractivity contribution is -0.148. The van der Waals surface area contributed by atoms with Crippen LogP contribution in [-0.4, -0.2) is 11.6 Å². The van der Waals surface area contributed by atoms with Gasteiger partial charge in [0.1, 0.15) is 11.4 Å². The second kappa shape index (κ2) is 4.99. The van der Waals surface area contributed by atoms with E-state index in [0.717, 1.165) is 0 Å². The maximum absolute atomic E-state index is 13.4. The van der Waals surface area contributed by atoms with Crippen LogP contribution in [-0.2, 0) is 9.53 Å². The molecule has 4 heteroatoms. The van der Waals surface area contributed by atoms with Crippen LogP contribution in [0.15, 0.2) is 24.3 Å². The zero-order valence-corrected chi connectivity index (χ0v) is 10.2. The number of carbonyl (C=O) groups is 1. The van der Waals surface area contributed by atoms with Crippen LogP contribution in [0.1, 0.15) is 26.3 Å². The zero-order chi connectivity index (χ0) is 13.1. The minimum Gasteiger partial charge on any atom is -0.457 e. The molecule has 0 aliphatic heterocycles. The quantitative estimate of drug-likeness (QED) is 0.489. The van der Waals surface area contributed by atoms with Crippen molar-refractivity contribution in [2.75, 3.05) is 5.73 Å². The van der Waals surface area contributed by atoms with Gasteiger partial charge in [0.2, 0.25) is 0 Å². The van der Waals surface area contributed by atoms with E-state index in [1.165, 1.54) is 24.3 Å². The molecule has 0 aliphatic carbocycles. The van der Waals surface area contributed by atoms with Crippen LogP contribution in [0.4, 0.5) is 10.1 Å². The molecule has 0 saturated carbocycles. The highest BCUT2D eigenvalue weighted by atomic mass is 19.1. The molecule has 0 atom stereocenters. The molecule has 0 bridgehead atoms. The monoisotopic (exact) mass is 237 g/mol. The van der Waals surface area contributed by atoms with Gasteiger partial charge in [-0.1, -0.05) is 0 Å². The minimum absolute atomic E-state index is 0.296. The van der Waals surface area contributed by atoms with Crippen molar-refractivity contribution in [1.82, 2.24) is 0 Å². The van der Waals surface area contributed by atoms with Crippen molar-refractivity contribution in [2.24, 2.45) is 0 Å². The number of carbonyl (C=O) groups excluding carboxylic acids is 1. The number of ether oxygens (including phenoxy) is 1. The van der Waals surface area contributed by atoms with Gasteiger partial charge in [0, 0.05) is 17.3 Å². The first-order chi connectivity index (χ1) is 7.78. The predicted octanol–water partition coefficient (Wildman–Crippen LogP) is 2.76. The molecule has 2 N–H and O–H groups in total. The van der Waals surface area contributed by atoms with Gasteiger partial charge in [-0.05, 0) is 45.0 Å². The van der Waals surface area contributed by atoms with E-state index < -0.39 is 17.4 Å². The van der Waals surface area contributed by atoms with Crippen LogP contribution >= 0.6 is 0 Å². The zero-order valence-electron chi connectivity index (χ0n) is 10.2. The SMILES string of the molecule is CC(C)(C)OC(=O)C=Cc1ccc(N)cc1F. The van der Waals surface area contributed by atoms with Crippen molar-refractivity contribution in [3.05, 3.63) is 35.7 Å². The maximum atomic E-state index is 13.4. The lowest BCUT2D eigenvalue weighted by atomic mass is 10.1. The number of anilines is 1. The van der Waals surface area contributed by atoms with Gasteiger partial charge in [-0.2, -0.15) is 0 Å². The van der Waals surface area contributed by atoms with E-state index in [9.17, 15) is 9.18 Å². The topological polar surface area (TPSA) is 52.3 Å². The molecule has 1 aromatic carbocycles. The molecule has 0 amide bonds. The molecule has 0 fully saturated rings. The Morgan fingerprint density at radius 2 is 2.06 bits per heavy atom. The van der Waals surface area contributed by atoms with E-state index in [4.69, 9.17) is 10.5 Å². The Labute approximate surface area is 100 Å². The molecule has 0 radical (unpaired) electrons. The van der Waals surface area contributed by atoms with Crippen molar-refractivity contribution >= 4 is 17.7 Å². The summed E-state index contributed by atoms with van der Waals surface area (Å²) in [7, 11) is 0. The molecule has 1 aromatic rings. The van der Waals surface area contributed by atoms with Crippen LogP contribution in [0.25, 0.3) is 6.08 Å². The number of hydrogen-bond donors (Lipinski definition) is 1. The number of nitrogens with two attached hydrogens (primary N) is 1. The number of halogens is 1. The molecular weight excluding hydrogens is 221 g/mol. The fraction of sp³-hybridized carbons (Fsp3) is 0.308. The van der Waals surface area contributed by atoms with Crippen molar-refractivity contribution in [1.29, 1.82) is 0 Å². The lowest BCUT2D eigenvalue weighted by Gasteiger charge is -2.17. The fourth-order valence-electron chi connectivity index (χ4n) is 1.17. The minimum atomic E-state index is -0.554. The second-order valence-corrected chi connectivity index (χ2v) is 4.65. The van der Waals surface area contributed by atoms with E-state index in [2.05, 4.69) is 0 Å². The Morgan fingerprint density at radius 3 is 2.59 bits per heavy atom. The summed E-state index contributed by atoms with van der Waals surface area (Å²) >= 11 is 0. The largest absolute Gasteiger partial charge is 0.457 e. The van der Waals surface area contributed by atoms with E-state index in [-0.39, 0.29) is 0 Å². The van der Waals surface area contributed by atoms with Crippen LogP contribution < -0.4 is 5.73 Å². The molecular formula is C13H16FNO2. The molecule has 17 heavy (non-hydrogen) atoms. The summed E-state index contributed by atoms with van der Waals surface area (Å²) in [4.78, 5) is 11.4. The Kier molecular flexibility index (Phi) is 3.89. The van der Waals surface area contributed by atoms with E-state index in [1.54, 1.807) is 26.8 Å². The first-order valence-corrected chi connectivity index (χ1v) is 5.24. The summed E-state index contributed by atoms with van der Waals surface area (Å²) in [6.07, 6.45) is 2.56. The number of rotatable bonds is 2. The molecule has 0 spiro atoms. The first-order valence-electron chi connectivity index (χ1n) is 5.24. The van der Waals surface area contributed by atoms with E-state index in [1.807, 2.05) is 0 Å². The van der Waals surface area contributed by atoms with Crippen LogP contribution in [0.5, 0.6) is 0 Å². The van der Waals surface area contributed by atoms with Crippen molar-refractivity contribution in [3.8, 4) is 0 Å². The number of benzene rings is 1. The average Bonchev–Trinajstić information content (AvgIpc) is 2.13. The summed E-state index contributed by atoms with van der Waals surface area (Å²) in [6.45, 7) is 5.30. The van der Waals surface area contributed by atoms with Gasteiger partial charge in [-0.25, -0.2) is 9.18 Å². The molecule has 0 aliphatic rings. The van der Waals surface area contributed by atoms with Gasteiger partial charge in [0.15, 0.2) is 0 Å². The van der Waals surface area contributed by atoms with Crippen LogP contribution in [0.3, 0.4) is 0 Å². The molecule has 0 aromatic heterocycles. The van der Waals surface area contributed by atoms with Crippen molar-refractivity contribution < 1.29 is 13.9 Å². The highest BCUT2D eigenvalue weighted by Gasteiger charge is 2.13. The highest BCUT2D eigenvalue weighted by molar-refractivity contribution is 5.87. The van der Waals surface area contributed by atoms with E-state index in [0.29, 0.717) is 11.3 Å². The fourth-order valence-corrected chi connectivity index (χ4v) is 1.17. The normalized spacial score (nSPS) is 11.8. The molecule has 0 saturated heterocycles. The van der Waals surface area contributed by atoms with Gasteiger partial charge < -0.3 is 10.5 Å². The van der Waals surface area contributed by atoms with Crippen LogP contribution in [0, 0.1) is 5.82 Å². The lowest BCUT2D eigenvalue weighted by Crippen LogP contribution is -2.22. The second-order valence-electron chi connectivity index (χ2n) is 4.65. The van der Waals surface area contributed by atoms with Gasteiger partial charge in [-0.15, -0.1) is 0 Å². The summed E-state index contributed by atoms with van der Waals surface area (Å²) in [5.74, 6) is -0.974.